The minimum absolute atomic E-state index is 0.0629. The molecule has 0 amide bonds. The molecule has 0 saturated carbocycles. The van der Waals surface area contributed by atoms with E-state index < -0.39 is 43.1 Å². The molecule has 0 saturated heterocycles. The van der Waals surface area contributed by atoms with Gasteiger partial charge in [-0.15, -0.1) is 0 Å². The lowest BCUT2D eigenvalue weighted by Gasteiger charge is -2.16. The number of nitrogens with two attached hydrogens (primary N) is 1. The van der Waals surface area contributed by atoms with Crippen molar-refractivity contribution in [3.05, 3.63) is 65.9 Å². The largest absolute Gasteiger partial charge is 0.246 e. The standard InChI is InChI=1S/C14H12F2N2O4S2/c15-11-5-2-1-4-10(11)8-9-18(23(19)20)13-7-3-6-12(16)14(13)24(17,21)22/h1-9,23H,(H2,17,21,22). The van der Waals surface area contributed by atoms with Crippen molar-refractivity contribution in [2.45, 2.75) is 4.90 Å². The second kappa shape index (κ2) is 7.07. The SMILES string of the molecule is NS(=O)(=O)c1c(F)cccc1N(C=Cc1ccccc1F)[SH](=O)=O. The second-order valence-electron chi connectivity index (χ2n) is 4.55. The fraction of sp³-hybridized carbons (Fsp3) is 0. The van der Waals surface area contributed by atoms with Gasteiger partial charge in [0.2, 0.25) is 20.9 Å². The van der Waals surface area contributed by atoms with Gasteiger partial charge in [0.05, 0.1) is 5.69 Å². The van der Waals surface area contributed by atoms with E-state index in [2.05, 4.69) is 0 Å². The first-order valence-corrected chi connectivity index (χ1v) is 9.07. The molecule has 0 aliphatic heterocycles. The molecule has 6 nitrogen and oxygen atoms in total. The first kappa shape index (κ1) is 18.0. The first-order chi connectivity index (χ1) is 11.2. The Labute approximate surface area is 139 Å². The summed E-state index contributed by atoms with van der Waals surface area (Å²) in [6.07, 6.45) is 2.02. The van der Waals surface area contributed by atoms with Crippen LogP contribution in [0.3, 0.4) is 0 Å². The number of benzene rings is 2. The van der Waals surface area contributed by atoms with E-state index in [1.807, 2.05) is 0 Å². The molecule has 0 fully saturated rings. The molecule has 0 spiro atoms. The zero-order valence-corrected chi connectivity index (χ0v) is 13.7. The van der Waals surface area contributed by atoms with Gasteiger partial charge in [0.1, 0.15) is 16.5 Å². The third kappa shape index (κ3) is 3.96. The number of halogens is 2. The highest BCUT2D eigenvalue weighted by Crippen LogP contribution is 2.27. The molecule has 0 atom stereocenters. The monoisotopic (exact) mass is 374 g/mol. The number of hydrogen-bond acceptors (Lipinski definition) is 4. The zero-order chi connectivity index (χ0) is 17.9. The second-order valence-corrected chi connectivity index (χ2v) is 6.96. The molecule has 0 radical (unpaired) electrons. The van der Waals surface area contributed by atoms with Crippen LogP contribution < -0.4 is 9.44 Å². The Morgan fingerprint density at radius 2 is 1.62 bits per heavy atom. The van der Waals surface area contributed by atoms with Crippen molar-refractivity contribution in [3.8, 4) is 0 Å². The van der Waals surface area contributed by atoms with Crippen molar-refractivity contribution in [1.82, 2.24) is 0 Å². The molecule has 0 bridgehead atoms. The van der Waals surface area contributed by atoms with Crippen LogP contribution in [0.25, 0.3) is 6.08 Å². The average molecular weight is 374 g/mol. The lowest BCUT2D eigenvalue weighted by molar-refractivity contribution is 0.568. The summed E-state index contributed by atoms with van der Waals surface area (Å²) in [5.41, 5.74) is -0.436. The zero-order valence-electron chi connectivity index (χ0n) is 12.0. The van der Waals surface area contributed by atoms with E-state index in [9.17, 15) is 25.6 Å². The number of nitrogens with zero attached hydrogens (tertiary/aromatic N) is 1. The summed E-state index contributed by atoms with van der Waals surface area (Å²) < 4.78 is 73.9. The highest BCUT2D eigenvalue weighted by Gasteiger charge is 2.23. The Bertz CT molecular complexity index is 964. The van der Waals surface area contributed by atoms with Gasteiger partial charge < -0.3 is 0 Å². The minimum atomic E-state index is -4.53. The summed E-state index contributed by atoms with van der Waals surface area (Å²) in [7, 11) is -7.91. The van der Waals surface area contributed by atoms with Gasteiger partial charge in [0.25, 0.3) is 0 Å². The Hall–Kier alpha value is -2.30. The fourth-order valence-corrected chi connectivity index (χ4v) is 3.33. The summed E-state index contributed by atoms with van der Waals surface area (Å²) in [6, 6.07) is 8.56. The van der Waals surface area contributed by atoms with Gasteiger partial charge in [0.15, 0.2) is 0 Å². The Morgan fingerprint density at radius 1 is 1.00 bits per heavy atom. The Balaban J connectivity index is 2.59. The first-order valence-electron chi connectivity index (χ1n) is 6.39. The maximum atomic E-state index is 13.8. The number of thiol groups is 1. The highest BCUT2D eigenvalue weighted by atomic mass is 32.2. The number of rotatable bonds is 5. The molecule has 10 heteroatoms. The summed E-state index contributed by atoms with van der Waals surface area (Å²) >= 11 is 0. The smallest absolute Gasteiger partial charge is 0.243 e. The predicted molar refractivity (Wildman–Crippen MR) is 86.0 cm³/mol. The van der Waals surface area contributed by atoms with E-state index in [1.165, 1.54) is 24.3 Å². The number of hydrogen-bond donors (Lipinski definition) is 2. The van der Waals surface area contributed by atoms with Crippen molar-refractivity contribution >= 4 is 32.7 Å². The molecule has 128 valence electrons. The lowest BCUT2D eigenvalue weighted by atomic mass is 10.2. The van der Waals surface area contributed by atoms with Crippen LogP contribution in [-0.4, -0.2) is 16.8 Å². The maximum absolute atomic E-state index is 13.8. The Morgan fingerprint density at radius 3 is 2.21 bits per heavy atom. The summed E-state index contributed by atoms with van der Waals surface area (Å²) in [4.78, 5) is -0.970. The highest BCUT2D eigenvalue weighted by molar-refractivity contribution is 7.89. The van der Waals surface area contributed by atoms with Crippen molar-refractivity contribution < 1.29 is 25.6 Å². The third-order valence-electron chi connectivity index (χ3n) is 2.95. The van der Waals surface area contributed by atoms with Gasteiger partial charge in [-0.3, -0.25) is 0 Å². The van der Waals surface area contributed by atoms with Crippen LogP contribution in [-0.2, 0) is 20.9 Å². The molecular formula is C14H12F2N2O4S2. The van der Waals surface area contributed by atoms with Gasteiger partial charge in [0, 0.05) is 11.8 Å². The summed E-state index contributed by atoms with van der Waals surface area (Å²) in [5, 5.41) is 4.95. The van der Waals surface area contributed by atoms with E-state index in [-0.39, 0.29) is 5.56 Å². The van der Waals surface area contributed by atoms with Gasteiger partial charge >= 0.3 is 0 Å². The normalized spacial score (nSPS) is 12.0. The van der Waals surface area contributed by atoms with Crippen LogP contribution in [0.1, 0.15) is 5.56 Å². The topological polar surface area (TPSA) is 97.5 Å². The molecule has 0 aliphatic rings. The predicted octanol–water partition coefficient (Wildman–Crippen LogP) is 1.62. The number of anilines is 1. The van der Waals surface area contributed by atoms with E-state index in [1.54, 1.807) is 0 Å². The molecule has 2 aromatic carbocycles. The van der Waals surface area contributed by atoms with Crippen LogP contribution in [0.2, 0.25) is 0 Å². The molecule has 2 N–H and O–H groups in total. The van der Waals surface area contributed by atoms with Gasteiger partial charge in [-0.2, -0.15) is 0 Å². The molecule has 0 aliphatic carbocycles. The molecule has 0 heterocycles. The Kier molecular flexibility index (Phi) is 5.32. The van der Waals surface area contributed by atoms with Gasteiger partial charge in [-0.25, -0.2) is 35.1 Å². The van der Waals surface area contributed by atoms with Crippen molar-refractivity contribution in [1.29, 1.82) is 0 Å². The summed E-state index contributed by atoms with van der Waals surface area (Å²) in [6.45, 7) is 0. The fourth-order valence-electron chi connectivity index (χ4n) is 1.94. The van der Waals surface area contributed by atoms with Crippen molar-refractivity contribution in [2.75, 3.05) is 4.31 Å². The van der Waals surface area contributed by atoms with Crippen LogP contribution >= 0.6 is 0 Å². The van der Waals surface area contributed by atoms with Crippen molar-refractivity contribution in [2.24, 2.45) is 5.14 Å². The third-order valence-corrected chi connectivity index (χ3v) is 4.63. The van der Waals surface area contributed by atoms with Crippen molar-refractivity contribution in [3.63, 3.8) is 0 Å². The van der Waals surface area contributed by atoms with Gasteiger partial charge in [-0.1, -0.05) is 24.3 Å². The van der Waals surface area contributed by atoms with Crippen LogP contribution in [0, 0.1) is 11.6 Å². The lowest BCUT2D eigenvalue weighted by Crippen LogP contribution is -2.21. The van der Waals surface area contributed by atoms with Crippen LogP contribution in [0.4, 0.5) is 14.5 Å². The number of primary sulfonamides is 1. The van der Waals surface area contributed by atoms with E-state index in [0.717, 1.165) is 30.5 Å². The summed E-state index contributed by atoms with van der Waals surface area (Å²) in [5.74, 6) is -1.81. The molecule has 0 aromatic heterocycles. The molecular weight excluding hydrogens is 362 g/mol. The maximum Gasteiger partial charge on any atom is 0.243 e. The molecule has 2 rings (SSSR count). The van der Waals surface area contributed by atoms with E-state index >= 15 is 0 Å². The molecule has 0 unspecified atom stereocenters. The van der Waals surface area contributed by atoms with E-state index in [0.29, 0.717) is 4.31 Å². The van der Waals surface area contributed by atoms with Crippen LogP contribution in [0.5, 0.6) is 0 Å². The molecule has 2 aromatic rings. The minimum Gasteiger partial charge on any atom is -0.246 e. The van der Waals surface area contributed by atoms with Gasteiger partial charge in [-0.05, 0) is 24.3 Å². The van der Waals surface area contributed by atoms with E-state index in [4.69, 9.17) is 5.14 Å². The van der Waals surface area contributed by atoms with Crippen LogP contribution in [0.15, 0.2) is 53.6 Å². The quantitative estimate of drug-likeness (QED) is 0.777. The number of sulfonamides is 1. The molecule has 24 heavy (non-hydrogen) atoms. The average Bonchev–Trinajstić information content (AvgIpc) is 2.47.